The second kappa shape index (κ2) is 8.31. The maximum atomic E-state index is 13.5. The fraction of sp³-hybridized carbons (Fsp3) is 0.273. The van der Waals surface area contributed by atoms with E-state index in [1.807, 2.05) is 51.1 Å². The Kier molecular flexibility index (Phi) is 5.98. The molecule has 0 atom stereocenters. The number of hydrogen-bond donors (Lipinski definition) is 2. The minimum absolute atomic E-state index is 0.0858. The molecule has 158 valence electrons. The maximum absolute atomic E-state index is 13.5. The van der Waals surface area contributed by atoms with Crippen molar-refractivity contribution >= 4 is 27.3 Å². The van der Waals surface area contributed by atoms with Crippen molar-refractivity contribution in [3.05, 3.63) is 70.5 Å². The molecule has 7 nitrogen and oxygen atoms in total. The third kappa shape index (κ3) is 4.38. The predicted octanol–water partition coefficient (Wildman–Crippen LogP) is 3.79. The highest BCUT2D eigenvalue weighted by Crippen LogP contribution is 2.27. The van der Waals surface area contributed by atoms with Gasteiger partial charge in [-0.05, 0) is 63.9 Å². The molecule has 0 unspecified atom stereocenters. The number of H-pyrrole nitrogens is 1. The van der Waals surface area contributed by atoms with Gasteiger partial charge in [-0.2, -0.15) is 5.10 Å². The van der Waals surface area contributed by atoms with Gasteiger partial charge in [0.15, 0.2) is 0 Å². The largest absolute Gasteiger partial charge is 0.324 e. The molecule has 1 heterocycles. The van der Waals surface area contributed by atoms with Crippen LogP contribution in [0.2, 0.25) is 0 Å². The van der Waals surface area contributed by atoms with E-state index in [0.717, 1.165) is 21.0 Å². The minimum atomic E-state index is -4.01. The van der Waals surface area contributed by atoms with Crippen LogP contribution in [0, 0.1) is 34.6 Å². The van der Waals surface area contributed by atoms with Gasteiger partial charge < -0.3 is 5.32 Å². The summed E-state index contributed by atoms with van der Waals surface area (Å²) in [5.41, 5.74) is 4.77. The van der Waals surface area contributed by atoms with Crippen molar-refractivity contribution in [2.24, 2.45) is 0 Å². The first-order valence-electron chi connectivity index (χ1n) is 9.57. The van der Waals surface area contributed by atoms with Gasteiger partial charge in [-0.15, -0.1) is 0 Å². The first-order valence-corrected chi connectivity index (χ1v) is 11.0. The number of nitrogens with zero attached hydrogens (tertiary/aromatic N) is 2. The average molecular weight is 427 g/mol. The Labute approximate surface area is 177 Å². The molecule has 3 aromatic rings. The van der Waals surface area contributed by atoms with Crippen LogP contribution in [0.25, 0.3) is 0 Å². The quantitative estimate of drug-likeness (QED) is 0.627. The van der Waals surface area contributed by atoms with Crippen molar-refractivity contribution in [3.63, 3.8) is 0 Å². The monoisotopic (exact) mass is 426 g/mol. The SMILES string of the molecule is Cc1ccc(N(CC(=O)Nc2cc(C)ccc2C)S(=O)(=O)c2c(C)n[nH]c2C)cc1. The molecular formula is C22H26N4O3S. The summed E-state index contributed by atoms with van der Waals surface area (Å²) in [7, 11) is -4.01. The molecule has 0 saturated carbocycles. The van der Waals surface area contributed by atoms with E-state index >= 15 is 0 Å². The van der Waals surface area contributed by atoms with E-state index in [1.54, 1.807) is 26.0 Å². The summed E-state index contributed by atoms with van der Waals surface area (Å²) in [5.74, 6) is -0.424. The topological polar surface area (TPSA) is 95.2 Å². The van der Waals surface area contributed by atoms with Crippen molar-refractivity contribution in [1.29, 1.82) is 0 Å². The Morgan fingerprint density at radius 2 is 1.63 bits per heavy atom. The van der Waals surface area contributed by atoms with Gasteiger partial charge in [0, 0.05) is 5.69 Å². The van der Waals surface area contributed by atoms with Gasteiger partial charge in [0.05, 0.1) is 17.1 Å². The Morgan fingerprint density at radius 1 is 1.00 bits per heavy atom. The molecule has 1 aromatic heterocycles. The molecule has 0 aliphatic carbocycles. The standard InChI is InChI=1S/C22H26N4O3S/c1-14-7-10-19(11-8-14)26(30(28,29)22-17(4)24-25-18(22)5)13-21(27)23-20-12-15(2)6-9-16(20)3/h6-12H,13H2,1-5H3,(H,23,27)(H,24,25). The lowest BCUT2D eigenvalue weighted by Gasteiger charge is -2.24. The van der Waals surface area contributed by atoms with Crippen LogP contribution in [-0.2, 0) is 14.8 Å². The summed E-state index contributed by atoms with van der Waals surface area (Å²) in [5, 5.41) is 9.56. The first kappa shape index (κ1) is 21.6. The van der Waals surface area contributed by atoms with Gasteiger partial charge in [-0.25, -0.2) is 8.42 Å². The Hall–Kier alpha value is -3.13. The number of carbonyl (C=O) groups excluding carboxylic acids is 1. The maximum Gasteiger partial charge on any atom is 0.268 e. The van der Waals surface area contributed by atoms with E-state index in [1.165, 1.54) is 0 Å². The fourth-order valence-corrected chi connectivity index (χ4v) is 5.01. The number of nitrogens with one attached hydrogen (secondary N) is 2. The van der Waals surface area contributed by atoms with Crippen molar-refractivity contribution in [3.8, 4) is 0 Å². The lowest BCUT2D eigenvalue weighted by molar-refractivity contribution is -0.114. The third-order valence-corrected chi connectivity index (χ3v) is 6.92. The van der Waals surface area contributed by atoms with Crippen LogP contribution in [0.3, 0.4) is 0 Å². The molecule has 2 N–H and O–H groups in total. The fourth-order valence-electron chi connectivity index (χ4n) is 3.25. The van der Waals surface area contributed by atoms with Gasteiger partial charge in [-0.3, -0.25) is 14.2 Å². The van der Waals surface area contributed by atoms with Crippen LogP contribution >= 0.6 is 0 Å². The van der Waals surface area contributed by atoms with Crippen LogP contribution in [-0.4, -0.2) is 31.1 Å². The van der Waals surface area contributed by atoms with E-state index in [2.05, 4.69) is 15.5 Å². The molecule has 3 rings (SSSR count). The van der Waals surface area contributed by atoms with Crippen molar-refractivity contribution in [1.82, 2.24) is 10.2 Å². The van der Waals surface area contributed by atoms with Crippen LogP contribution < -0.4 is 9.62 Å². The smallest absolute Gasteiger partial charge is 0.268 e. The van der Waals surface area contributed by atoms with Gasteiger partial charge >= 0.3 is 0 Å². The number of benzene rings is 2. The second-order valence-corrected chi connectivity index (χ2v) is 9.28. The Bertz CT molecular complexity index is 1160. The molecule has 1 amide bonds. The highest BCUT2D eigenvalue weighted by molar-refractivity contribution is 7.93. The lowest BCUT2D eigenvalue weighted by Crippen LogP contribution is -2.38. The van der Waals surface area contributed by atoms with Gasteiger partial charge in [-0.1, -0.05) is 29.8 Å². The summed E-state index contributed by atoms with van der Waals surface area (Å²) < 4.78 is 28.2. The molecule has 0 fully saturated rings. The first-order chi connectivity index (χ1) is 14.1. The molecule has 2 aromatic carbocycles. The Balaban J connectivity index is 1.99. The summed E-state index contributed by atoms with van der Waals surface area (Å²) in [6.45, 7) is 8.66. The molecule has 30 heavy (non-hydrogen) atoms. The molecule has 8 heteroatoms. The number of carbonyl (C=O) groups is 1. The van der Waals surface area contributed by atoms with Gasteiger partial charge in [0.25, 0.3) is 10.0 Å². The summed E-state index contributed by atoms with van der Waals surface area (Å²) in [6, 6.07) is 12.8. The minimum Gasteiger partial charge on any atom is -0.324 e. The van der Waals surface area contributed by atoms with Crippen LogP contribution in [0.15, 0.2) is 47.4 Å². The molecule has 0 spiro atoms. The summed E-state index contributed by atoms with van der Waals surface area (Å²) in [4.78, 5) is 13.0. The zero-order chi connectivity index (χ0) is 22.1. The zero-order valence-corrected chi connectivity index (χ0v) is 18.6. The summed E-state index contributed by atoms with van der Waals surface area (Å²) >= 11 is 0. The Morgan fingerprint density at radius 3 is 2.23 bits per heavy atom. The molecular weight excluding hydrogens is 400 g/mol. The average Bonchev–Trinajstić information content (AvgIpc) is 3.02. The van der Waals surface area contributed by atoms with E-state index < -0.39 is 15.9 Å². The number of aromatic nitrogens is 2. The number of rotatable bonds is 6. The van der Waals surface area contributed by atoms with Crippen LogP contribution in [0.4, 0.5) is 11.4 Å². The highest BCUT2D eigenvalue weighted by atomic mass is 32.2. The molecule has 0 aliphatic heterocycles. The number of aromatic amines is 1. The van der Waals surface area contributed by atoms with Gasteiger partial charge in [0.1, 0.15) is 11.4 Å². The highest BCUT2D eigenvalue weighted by Gasteiger charge is 2.31. The molecule has 0 radical (unpaired) electrons. The van der Waals surface area contributed by atoms with E-state index in [9.17, 15) is 13.2 Å². The van der Waals surface area contributed by atoms with Crippen LogP contribution in [0.1, 0.15) is 28.1 Å². The van der Waals surface area contributed by atoms with Crippen molar-refractivity contribution in [2.45, 2.75) is 39.5 Å². The number of anilines is 2. The normalized spacial score (nSPS) is 11.4. The molecule has 0 bridgehead atoms. The second-order valence-electron chi connectivity index (χ2n) is 7.48. The number of amides is 1. The van der Waals surface area contributed by atoms with Crippen LogP contribution in [0.5, 0.6) is 0 Å². The van der Waals surface area contributed by atoms with Crippen molar-refractivity contribution < 1.29 is 13.2 Å². The molecule has 0 saturated heterocycles. The summed E-state index contributed by atoms with van der Waals surface area (Å²) in [6.07, 6.45) is 0. The van der Waals surface area contributed by atoms with Gasteiger partial charge in [0.2, 0.25) is 5.91 Å². The van der Waals surface area contributed by atoms with E-state index in [0.29, 0.717) is 22.8 Å². The van der Waals surface area contributed by atoms with E-state index in [4.69, 9.17) is 0 Å². The predicted molar refractivity (Wildman–Crippen MR) is 118 cm³/mol. The van der Waals surface area contributed by atoms with E-state index in [-0.39, 0.29) is 11.4 Å². The number of aryl methyl sites for hydroxylation is 5. The lowest BCUT2D eigenvalue weighted by atomic mass is 10.1. The zero-order valence-electron chi connectivity index (χ0n) is 17.8. The number of hydrogen-bond acceptors (Lipinski definition) is 4. The third-order valence-electron chi connectivity index (χ3n) is 4.88. The number of sulfonamides is 1. The van der Waals surface area contributed by atoms with Crippen molar-refractivity contribution in [2.75, 3.05) is 16.2 Å². The molecule has 0 aliphatic rings.